The number of nitriles is 1. The second kappa shape index (κ2) is 5.02. The highest BCUT2D eigenvalue weighted by Gasteiger charge is 2.40. The van der Waals surface area contributed by atoms with Gasteiger partial charge in [0.25, 0.3) is 0 Å². The van der Waals surface area contributed by atoms with Gasteiger partial charge in [0.1, 0.15) is 6.33 Å². The van der Waals surface area contributed by atoms with E-state index >= 15 is 0 Å². The Balaban J connectivity index is 2.65. The Hall–Kier alpha value is -2.48. The van der Waals surface area contributed by atoms with Crippen LogP contribution in [0.2, 0.25) is 0 Å². The molecule has 0 bridgehead atoms. The predicted molar refractivity (Wildman–Crippen MR) is 69.1 cm³/mol. The lowest BCUT2D eigenvalue weighted by Crippen LogP contribution is -2.34. The molecule has 0 spiro atoms. The monoisotopic (exact) mass is 255 g/mol. The van der Waals surface area contributed by atoms with Crippen LogP contribution in [0.1, 0.15) is 19.5 Å². The standard InChI is InChI=1S/C14H13N3O2/c1-3-19-13(18)14(2,8-15)12-10-6-4-5-7-11(10)16-9-17-12/h4-7,9H,3H2,1-2H3. The average Bonchev–Trinajstić information content (AvgIpc) is 2.46. The van der Waals surface area contributed by atoms with Gasteiger partial charge in [-0.15, -0.1) is 0 Å². The molecule has 0 fully saturated rings. The maximum atomic E-state index is 12.0. The maximum Gasteiger partial charge on any atom is 0.332 e. The smallest absolute Gasteiger partial charge is 0.332 e. The summed E-state index contributed by atoms with van der Waals surface area (Å²) in [5.74, 6) is -0.596. The number of esters is 1. The molecule has 0 amide bonds. The van der Waals surface area contributed by atoms with Crippen LogP contribution in [-0.2, 0) is 14.9 Å². The van der Waals surface area contributed by atoms with Crippen molar-refractivity contribution < 1.29 is 9.53 Å². The molecule has 19 heavy (non-hydrogen) atoms. The van der Waals surface area contributed by atoms with E-state index in [1.165, 1.54) is 13.3 Å². The largest absolute Gasteiger partial charge is 0.465 e. The van der Waals surface area contributed by atoms with Gasteiger partial charge in [-0.05, 0) is 19.9 Å². The fraction of sp³-hybridized carbons (Fsp3) is 0.286. The lowest BCUT2D eigenvalue weighted by molar-refractivity contribution is -0.147. The van der Waals surface area contributed by atoms with E-state index in [9.17, 15) is 10.1 Å². The van der Waals surface area contributed by atoms with E-state index in [1.807, 2.05) is 24.3 Å². The molecule has 1 aromatic carbocycles. The van der Waals surface area contributed by atoms with Gasteiger partial charge in [-0.3, -0.25) is 0 Å². The normalized spacial score (nSPS) is 13.5. The van der Waals surface area contributed by atoms with Crippen LogP contribution in [0.3, 0.4) is 0 Å². The molecule has 0 radical (unpaired) electrons. The Morgan fingerprint density at radius 2 is 2.16 bits per heavy atom. The number of ether oxygens (including phenoxy) is 1. The third kappa shape index (κ3) is 2.13. The Kier molecular flexibility index (Phi) is 3.43. The lowest BCUT2D eigenvalue weighted by Gasteiger charge is -2.19. The molecular weight excluding hydrogens is 242 g/mol. The number of hydrogen-bond acceptors (Lipinski definition) is 5. The lowest BCUT2D eigenvalue weighted by atomic mass is 9.86. The number of hydrogen-bond donors (Lipinski definition) is 0. The number of benzene rings is 1. The van der Waals surface area contributed by atoms with Crippen molar-refractivity contribution in [2.24, 2.45) is 0 Å². The van der Waals surface area contributed by atoms with Crippen molar-refractivity contribution in [3.63, 3.8) is 0 Å². The van der Waals surface area contributed by atoms with Crippen LogP contribution < -0.4 is 0 Å². The van der Waals surface area contributed by atoms with Crippen molar-refractivity contribution in [2.45, 2.75) is 19.3 Å². The SMILES string of the molecule is CCOC(=O)C(C)(C#N)c1ncnc2ccccc12. The quantitative estimate of drug-likeness (QED) is 0.784. The zero-order chi connectivity index (χ0) is 13.9. The summed E-state index contributed by atoms with van der Waals surface area (Å²) >= 11 is 0. The van der Waals surface area contributed by atoms with Gasteiger partial charge in [-0.1, -0.05) is 18.2 Å². The first kappa shape index (κ1) is 13.0. The zero-order valence-electron chi connectivity index (χ0n) is 10.8. The fourth-order valence-electron chi connectivity index (χ4n) is 1.87. The maximum absolute atomic E-state index is 12.0. The molecule has 0 aliphatic rings. The summed E-state index contributed by atoms with van der Waals surface area (Å²) in [5.41, 5.74) is -0.365. The van der Waals surface area contributed by atoms with Gasteiger partial charge in [0.2, 0.25) is 0 Å². The van der Waals surface area contributed by atoms with E-state index in [1.54, 1.807) is 13.0 Å². The molecule has 0 saturated heterocycles. The molecule has 1 unspecified atom stereocenters. The van der Waals surface area contributed by atoms with Crippen LogP contribution >= 0.6 is 0 Å². The number of carbonyl (C=O) groups excluding carboxylic acids is 1. The Bertz CT molecular complexity index is 658. The van der Waals surface area contributed by atoms with Crippen molar-refractivity contribution in [3.8, 4) is 6.07 Å². The Morgan fingerprint density at radius 3 is 2.84 bits per heavy atom. The van der Waals surface area contributed by atoms with Crippen LogP contribution in [0.5, 0.6) is 0 Å². The van der Waals surface area contributed by atoms with Gasteiger partial charge in [0, 0.05) is 5.39 Å². The molecule has 0 N–H and O–H groups in total. The first-order valence-electron chi connectivity index (χ1n) is 5.92. The van der Waals surface area contributed by atoms with Crippen molar-refractivity contribution in [1.82, 2.24) is 9.97 Å². The molecular formula is C14H13N3O2. The zero-order valence-corrected chi connectivity index (χ0v) is 10.8. The van der Waals surface area contributed by atoms with E-state index in [0.717, 1.165) is 0 Å². The summed E-state index contributed by atoms with van der Waals surface area (Å²) in [6.07, 6.45) is 1.35. The van der Waals surface area contributed by atoms with Crippen molar-refractivity contribution in [3.05, 3.63) is 36.3 Å². The van der Waals surface area contributed by atoms with Gasteiger partial charge in [-0.25, -0.2) is 14.8 Å². The number of para-hydroxylation sites is 1. The number of aromatic nitrogens is 2. The summed E-state index contributed by atoms with van der Waals surface area (Å²) in [7, 11) is 0. The van der Waals surface area contributed by atoms with Crippen LogP contribution in [0, 0.1) is 11.3 Å². The summed E-state index contributed by atoms with van der Waals surface area (Å²) in [4.78, 5) is 20.3. The van der Waals surface area contributed by atoms with E-state index < -0.39 is 11.4 Å². The topological polar surface area (TPSA) is 75.9 Å². The molecule has 1 aromatic heterocycles. The predicted octanol–water partition coefficient (Wildman–Crippen LogP) is 1.97. The highest BCUT2D eigenvalue weighted by atomic mass is 16.5. The summed E-state index contributed by atoms with van der Waals surface area (Å²) in [6.45, 7) is 3.44. The molecule has 2 aromatic rings. The molecule has 5 heteroatoms. The van der Waals surface area contributed by atoms with Crippen LogP contribution in [0.4, 0.5) is 0 Å². The molecule has 1 heterocycles. The van der Waals surface area contributed by atoms with Gasteiger partial charge >= 0.3 is 5.97 Å². The molecule has 0 aliphatic heterocycles. The molecule has 96 valence electrons. The second-order valence-electron chi connectivity index (χ2n) is 4.20. The van der Waals surface area contributed by atoms with Gasteiger partial charge in [0.05, 0.1) is 23.9 Å². The van der Waals surface area contributed by atoms with Crippen molar-refractivity contribution in [2.75, 3.05) is 6.61 Å². The Morgan fingerprint density at radius 1 is 1.42 bits per heavy atom. The third-order valence-corrected chi connectivity index (χ3v) is 2.92. The Labute approximate surface area is 110 Å². The summed E-state index contributed by atoms with van der Waals surface area (Å²) in [5, 5.41) is 10.1. The van der Waals surface area contributed by atoms with Crippen LogP contribution in [0.15, 0.2) is 30.6 Å². The number of rotatable bonds is 3. The van der Waals surface area contributed by atoms with Gasteiger partial charge < -0.3 is 4.74 Å². The minimum atomic E-state index is -1.43. The van der Waals surface area contributed by atoms with E-state index in [4.69, 9.17) is 4.74 Å². The van der Waals surface area contributed by atoms with Gasteiger partial charge in [0.15, 0.2) is 5.41 Å². The first-order valence-corrected chi connectivity index (χ1v) is 5.92. The van der Waals surface area contributed by atoms with E-state index in [-0.39, 0.29) is 6.61 Å². The van der Waals surface area contributed by atoms with Crippen LogP contribution in [-0.4, -0.2) is 22.5 Å². The molecule has 0 saturated carbocycles. The number of carbonyl (C=O) groups is 1. The molecule has 1 atom stereocenters. The summed E-state index contributed by atoms with van der Waals surface area (Å²) < 4.78 is 4.98. The highest BCUT2D eigenvalue weighted by molar-refractivity contribution is 5.92. The van der Waals surface area contributed by atoms with E-state index in [0.29, 0.717) is 16.6 Å². The second-order valence-corrected chi connectivity index (χ2v) is 4.20. The van der Waals surface area contributed by atoms with Gasteiger partial charge in [-0.2, -0.15) is 5.26 Å². The minimum Gasteiger partial charge on any atom is -0.465 e. The first-order chi connectivity index (χ1) is 9.13. The number of nitrogens with zero attached hydrogens (tertiary/aromatic N) is 3. The van der Waals surface area contributed by atoms with E-state index in [2.05, 4.69) is 9.97 Å². The fourth-order valence-corrected chi connectivity index (χ4v) is 1.87. The molecule has 2 rings (SSSR count). The molecule has 0 aliphatic carbocycles. The van der Waals surface area contributed by atoms with Crippen molar-refractivity contribution in [1.29, 1.82) is 5.26 Å². The average molecular weight is 255 g/mol. The van der Waals surface area contributed by atoms with Crippen molar-refractivity contribution >= 4 is 16.9 Å². The highest BCUT2D eigenvalue weighted by Crippen LogP contribution is 2.28. The third-order valence-electron chi connectivity index (χ3n) is 2.92. The van der Waals surface area contributed by atoms with Crippen LogP contribution in [0.25, 0.3) is 10.9 Å². The molecule has 5 nitrogen and oxygen atoms in total. The summed E-state index contributed by atoms with van der Waals surface area (Å²) in [6, 6.07) is 9.26. The number of fused-ring (bicyclic) bond motifs is 1. The minimum absolute atomic E-state index is 0.221.